The van der Waals surface area contributed by atoms with E-state index in [2.05, 4.69) is 42.6 Å². The quantitative estimate of drug-likeness (QED) is 0.883. The number of hydrogen-bond donors (Lipinski definition) is 2. The van der Waals surface area contributed by atoms with Crippen molar-refractivity contribution >= 4 is 28.1 Å². The molecule has 3 rings (SSSR count). The van der Waals surface area contributed by atoms with E-state index in [1.54, 1.807) is 11.3 Å². The van der Waals surface area contributed by atoms with Gasteiger partial charge in [0, 0.05) is 31.1 Å². The Bertz CT molecular complexity index is 704. The molecule has 1 aliphatic rings. The number of piperazine rings is 1. The molecule has 0 unspecified atom stereocenters. The van der Waals surface area contributed by atoms with Gasteiger partial charge in [-0.05, 0) is 27.7 Å². The average molecular weight is 348 g/mol. The summed E-state index contributed by atoms with van der Waals surface area (Å²) in [4.78, 5) is 21.4. The van der Waals surface area contributed by atoms with Crippen LogP contribution in [0.15, 0.2) is 5.38 Å². The number of aromatic amines is 1. The average Bonchev–Trinajstić information content (AvgIpc) is 3.08. The van der Waals surface area contributed by atoms with Crippen LogP contribution in [0.5, 0.6) is 0 Å². The maximum Gasteiger partial charge on any atom is 0.238 e. The fraction of sp³-hybridized carbons (Fsp3) is 0.562. The Labute approximate surface area is 146 Å². The number of rotatable bonds is 4. The van der Waals surface area contributed by atoms with E-state index in [9.17, 15) is 4.79 Å². The lowest BCUT2D eigenvalue weighted by molar-refractivity contribution is -0.117. The van der Waals surface area contributed by atoms with Gasteiger partial charge in [0.25, 0.3) is 0 Å². The minimum atomic E-state index is 0.00773. The van der Waals surface area contributed by atoms with Gasteiger partial charge in [0.2, 0.25) is 5.91 Å². The normalized spacial score (nSPS) is 18.8. The number of anilines is 2. The van der Waals surface area contributed by atoms with E-state index in [1.165, 1.54) is 0 Å². The summed E-state index contributed by atoms with van der Waals surface area (Å²) in [6, 6.07) is 0.342. The van der Waals surface area contributed by atoms with Gasteiger partial charge >= 0.3 is 0 Å². The Morgan fingerprint density at radius 1 is 1.42 bits per heavy atom. The van der Waals surface area contributed by atoms with Crippen LogP contribution in [-0.4, -0.2) is 58.2 Å². The summed E-state index contributed by atoms with van der Waals surface area (Å²) < 4.78 is 0. The molecule has 1 fully saturated rings. The summed E-state index contributed by atoms with van der Waals surface area (Å²) in [7, 11) is 0. The first-order chi connectivity index (χ1) is 11.4. The lowest BCUT2D eigenvalue weighted by Crippen LogP contribution is -2.53. The second-order valence-electron chi connectivity index (χ2n) is 6.41. The summed E-state index contributed by atoms with van der Waals surface area (Å²) in [6.45, 7) is 11.0. The number of nitrogens with zero attached hydrogens (tertiary/aromatic N) is 4. The molecular weight excluding hydrogens is 324 g/mol. The second-order valence-corrected chi connectivity index (χ2v) is 7.24. The fourth-order valence-corrected chi connectivity index (χ4v) is 3.98. The molecular formula is C16H24N6OS. The molecule has 0 bridgehead atoms. The molecule has 0 saturated carbocycles. The van der Waals surface area contributed by atoms with Crippen LogP contribution < -0.4 is 10.2 Å². The van der Waals surface area contributed by atoms with Crippen molar-refractivity contribution in [2.45, 2.75) is 33.7 Å². The Morgan fingerprint density at radius 2 is 2.21 bits per heavy atom. The molecule has 1 atom stereocenters. The van der Waals surface area contributed by atoms with E-state index in [4.69, 9.17) is 0 Å². The standard InChI is InChI=1S/C16H24N6OS/c1-10-9-24-16(17-10)22-6-5-21(7-11(22)2)8-14(23)18-15-12(3)19-20-13(15)4/h9,11H,5-8H2,1-4H3,(H,18,23)(H,19,20)/t11-/m0/s1. The largest absolute Gasteiger partial charge is 0.343 e. The number of carbonyl (C=O) groups is 1. The SMILES string of the molecule is Cc1csc(N2CCN(CC(=O)Nc3c(C)n[nH]c3C)C[C@@H]2C)n1. The molecule has 7 nitrogen and oxygen atoms in total. The molecule has 0 aromatic carbocycles. The molecule has 0 aliphatic carbocycles. The first-order valence-corrected chi connectivity index (χ1v) is 9.04. The molecule has 0 radical (unpaired) electrons. The van der Waals surface area contributed by atoms with Gasteiger partial charge in [-0.3, -0.25) is 14.8 Å². The van der Waals surface area contributed by atoms with E-state index < -0.39 is 0 Å². The van der Waals surface area contributed by atoms with Crippen LogP contribution in [0.1, 0.15) is 24.0 Å². The predicted octanol–water partition coefficient (Wildman–Crippen LogP) is 1.94. The molecule has 8 heteroatoms. The van der Waals surface area contributed by atoms with Crippen molar-refractivity contribution in [3.63, 3.8) is 0 Å². The molecule has 3 heterocycles. The first-order valence-electron chi connectivity index (χ1n) is 8.16. The number of nitrogens with one attached hydrogen (secondary N) is 2. The molecule has 0 spiro atoms. The molecule has 24 heavy (non-hydrogen) atoms. The van der Waals surface area contributed by atoms with E-state index in [1.807, 2.05) is 20.8 Å². The second kappa shape index (κ2) is 6.90. The molecule has 2 aromatic rings. The minimum Gasteiger partial charge on any atom is -0.343 e. The predicted molar refractivity (Wildman–Crippen MR) is 96.8 cm³/mol. The van der Waals surface area contributed by atoms with Gasteiger partial charge in [0.1, 0.15) is 0 Å². The molecule has 2 N–H and O–H groups in total. The molecule has 1 aliphatic heterocycles. The Morgan fingerprint density at radius 3 is 2.79 bits per heavy atom. The fourth-order valence-electron chi connectivity index (χ4n) is 3.05. The number of thiazole rings is 1. The third-order valence-corrected chi connectivity index (χ3v) is 5.32. The van der Waals surface area contributed by atoms with E-state index in [0.29, 0.717) is 12.6 Å². The van der Waals surface area contributed by atoms with Gasteiger partial charge < -0.3 is 10.2 Å². The van der Waals surface area contributed by atoms with Crippen molar-refractivity contribution in [2.24, 2.45) is 0 Å². The Kier molecular flexibility index (Phi) is 4.86. The van der Waals surface area contributed by atoms with Crippen molar-refractivity contribution in [1.82, 2.24) is 20.1 Å². The Balaban J connectivity index is 1.55. The summed E-state index contributed by atoms with van der Waals surface area (Å²) in [5.41, 5.74) is 3.57. The summed E-state index contributed by atoms with van der Waals surface area (Å²) >= 11 is 1.69. The smallest absolute Gasteiger partial charge is 0.238 e. The topological polar surface area (TPSA) is 77.1 Å². The van der Waals surface area contributed by atoms with Gasteiger partial charge in [-0.25, -0.2) is 4.98 Å². The maximum atomic E-state index is 12.3. The lowest BCUT2D eigenvalue weighted by atomic mass is 10.2. The van der Waals surface area contributed by atoms with Crippen LogP contribution in [0.4, 0.5) is 10.8 Å². The van der Waals surface area contributed by atoms with E-state index in [-0.39, 0.29) is 5.91 Å². The Hall–Kier alpha value is -1.93. The highest BCUT2D eigenvalue weighted by Gasteiger charge is 2.26. The number of aryl methyl sites for hydroxylation is 3. The van der Waals surface area contributed by atoms with Crippen LogP contribution in [-0.2, 0) is 4.79 Å². The van der Waals surface area contributed by atoms with E-state index >= 15 is 0 Å². The third-order valence-electron chi connectivity index (χ3n) is 4.32. The van der Waals surface area contributed by atoms with Crippen molar-refractivity contribution in [3.8, 4) is 0 Å². The zero-order valence-electron chi connectivity index (χ0n) is 14.6. The number of hydrogen-bond acceptors (Lipinski definition) is 6. The summed E-state index contributed by atoms with van der Waals surface area (Å²) in [5, 5.41) is 13.1. The maximum absolute atomic E-state index is 12.3. The summed E-state index contributed by atoms with van der Waals surface area (Å²) in [6.07, 6.45) is 0. The monoisotopic (exact) mass is 348 g/mol. The van der Waals surface area contributed by atoms with Crippen molar-refractivity contribution in [2.75, 3.05) is 36.4 Å². The van der Waals surface area contributed by atoms with Crippen LogP contribution in [0.2, 0.25) is 0 Å². The van der Waals surface area contributed by atoms with Crippen molar-refractivity contribution < 1.29 is 4.79 Å². The summed E-state index contributed by atoms with van der Waals surface area (Å²) in [5.74, 6) is 0.00773. The molecule has 2 aromatic heterocycles. The lowest BCUT2D eigenvalue weighted by Gasteiger charge is -2.39. The highest BCUT2D eigenvalue weighted by atomic mass is 32.1. The first kappa shape index (κ1) is 16.9. The van der Waals surface area contributed by atoms with Crippen LogP contribution in [0.3, 0.4) is 0 Å². The van der Waals surface area contributed by atoms with Gasteiger partial charge in [-0.15, -0.1) is 11.3 Å². The zero-order valence-corrected chi connectivity index (χ0v) is 15.4. The highest BCUT2D eigenvalue weighted by Crippen LogP contribution is 2.24. The van der Waals surface area contributed by atoms with Gasteiger partial charge in [0.15, 0.2) is 5.13 Å². The van der Waals surface area contributed by atoms with Crippen LogP contribution >= 0.6 is 11.3 Å². The third kappa shape index (κ3) is 3.59. The number of carbonyl (C=O) groups excluding carboxylic acids is 1. The van der Waals surface area contributed by atoms with Crippen molar-refractivity contribution in [3.05, 3.63) is 22.5 Å². The minimum absolute atomic E-state index is 0.00773. The van der Waals surface area contributed by atoms with Crippen LogP contribution in [0, 0.1) is 20.8 Å². The number of amides is 1. The van der Waals surface area contributed by atoms with Crippen LogP contribution in [0.25, 0.3) is 0 Å². The molecule has 1 saturated heterocycles. The van der Waals surface area contributed by atoms with E-state index in [0.717, 1.165) is 47.5 Å². The van der Waals surface area contributed by atoms with Gasteiger partial charge in [0.05, 0.1) is 29.3 Å². The van der Waals surface area contributed by atoms with Crippen molar-refractivity contribution in [1.29, 1.82) is 0 Å². The highest BCUT2D eigenvalue weighted by molar-refractivity contribution is 7.13. The molecule has 1 amide bonds. The number of aromatic nitrogens is 3. The molecule has 130 valence electrons. The van der Waals surface area contributed by atoms with Gasteiger partial charge in [-0.1, -0.05) is 0 Å². The van der Waals surface area contributed by atoms with Gasteiger partial charge in [-0.2, -0.15) is 5.10 Å². The number of H-pyrrole nitrogens is 1. The zero-order chi connectivity index (χ0) is 17.3.